The maximum absolute atomic E-state index is 12.4. The highest BCUT2D eigenvalue weighted by atomic mass is 35.5. The van der Waals surface area contributed by atoms with Crippen LogP contribution in [0.4, 0.5) is 0 Å². The lowest BCUT2D eigenvalue weighted by Crippen LogP contribution is -2.10. The van der Waals surface area contributed by atoms with Crippen LogP contribution in [-0.4, -0.2) is 17.0 Å². The molecule has 0 aromatic heterocycles. The Bertz CT molecular complexity index is 950. The summed E-state index contributed by atoms with van der Waals surface area (Å²) in [6.45, 7) is 0. The zero-order valence-corrected chi connectivity index (χ0v) is 13.7. The molecular formula is C20H13ClO4. The summed E-state index contributed by atoms with van der Waals surface area (Å²) < 4.78 is 5.49. The first-order valence-electron chi connectivity index (χ1n) is 7.46. The molecule has 0 saturated heterocycles. The Morgan fingerprint density at radius 3 is 2.00 bits per heavy atom. The molecule has 0 aliphatic carbocycles. The number of carbonyl (C=O) groups is 2. The fraction of sp³-hybridized carbons (Fsp3) is 0. The topological polar surface area (TPSA) is 63.6 Å². The molecule has 0 aliphatic heterocycles. The van der Waals surface area contributed by atoms with E-state index in [1.807, 2.05) is 0 Å². The molecule has 124 valence electrons. The van der Waals surface area contributed by atoms with Crippen molar-refractivity contribution in [3.05, 3.63) is 88.9 Å². The van der Waals surface area contributed by atoms with E-state index in [1.165, 1.54) is 6.07 Å². The third-order valence-corrected chi connectivity index (χ3v) is 3.96. The van der Waals surface area contributed by atoms with Crippen LogP contribution in [0.2, 0.25) is 5.02 Å². The number of hydrogen-bond donors (Lipinski definition) is 1. The normalized spacial score (nSPS) is 10.3. The van der Waals surface area contributed by atoms with Crippen molar-refractivity contribution in [2.45, 2.75) is 0 Å². The van der Waals surface area contributed by atoms with Crippen molar-refractivity contribution in [1.29, 1.82) is 0 Å². The number of halogens is 1. The molecule has 1 N–H and O–H groups in total. The highest BCUT2D eigenvalue weighted by Crippen LogP contribution is 2.33. The van der Waals surface area contributed by atoms with Crippen LogP contribution < -0.4 is 4.74 Å². The van der Waals surface area contributed by atoms with E-state index in [-0.39, 0.29) is 21.9 Å². The van der Waals surface area contributed by atoms with Gasteiger partial charge in [0.25, 0.3) is 0 Å². The summed E-state index contributed by atoms with van der Waals surface area (Å²) in [5, 5.41) is 9.68. The molecule has 0 amide bonds. The van der Waals surface area contributed by atoms with Gasteiger partial charge < -0.3 is 9.84 Å². The molecule has 0 aliphatic rings. The molecule has 0 atom stereocenters. The molecule has 0 spiro atoms. The first kappa shape index (κ1) is 16.7. The number of carbonyl (C=O) groups excluding carboxylic acids is 1. The second kappa shape index (κ2) is 7.20. The number of para-hydroxylation sites is 1. The van der Waals surface area contributed by atoms with E-state index in [0.29, 0.717) is 11.1 Å². The van der Waals surface area contributed by atoms with Crippen LogP contribution in [0.5, 0.6) is 5.75 Å². The Morgan fingerprint density at radius 1 is 0.760 bits per heavy atom. The number of ether oxygens (including phenoxy) is 1. The molecule has 25 heavy (non-hydrogen) atoms. The van der Waals surface area contributed by atoms with Gasteiger partial charge >= 0.3 is 11.9 Å². The van der Waals surface area contributed by atoms with Crippen LogP contribution in [0.25, 0.3) is 11.1 Å². The lowest BCUT2D eigenvalue weighted by atomic mass is 9.99. The second-order valence-electron chi connectivity index (χ2n) is 5.22. The van der Waals surface area contributed by atoms with E-state index in [9.17, 15) is 14.7 Å². The summed E-state index contributed by atoms with van der Waals surface area (Å²) in [7, 11) is 0. The highest BCUT2D eigenvalue weighted by Gasteiger charge is 2.18. The number of esters is 1. The first-order chi connectivity index (χ1) is 12.1. The molecule has 5 heteroatoms. The van der Waals surface area contributed by atoms with Crippen molar-refractivity contribution in [1.82, 2.24) is 0 Å². The quantitative estimate of drug-likeness (QED) is 0.534. The molecule has 4 nitrogen and oxygen atoms in total. The Balaban J connectivity index is 2.02. The van der Waals surface area contributed by atoms with Crippen LogP contribution >= 0.6 is 11.6 Å². The van der Waals surface area contributed by atoms with Crippen LogP contribution in [0.15, 0.2) is 72.8 Å². The molecule has 0 unspecified atom stereocenters. The average Bonchev–Trinajstić information content (AvgIpc) is 2.62. The van der Waals surface area contributed by atoms with Gasteiger partial charge in [0.1, 0.15) is 5.75 Å². The summed E-state index contributed by atoms with van der Waals surface area (Å²) in [5.41, 5.74) is 1.35. The number of hydrogen-bond acceptors (Lipinski definition) is 3. The minimum absolute atomic E-state index is 0.128. The lowest BCUT2D eigenvalue weighted by Gasteiger charge is -2.12. The maximum atomic E-state index is 12.4. The second-order valence-corrected chi connectivity index (χ2v) is 5.62. The number of rotatable bonds is 4. The average molecular weight is 353 g/mol. The predicted octanol–water partition coefficient (Wildman–Crippen LogP) is 4.92. The van der Waals surface area contributed by atoms with Crippen molar-refractivity contribution in [2.24, 2.45) is 0 Å². The van der Waals surface area contributed by atoms with Gasteiger partial charge in [-0.25, -0.2) is 9.59 Å². The first-order valence-corrected chi connectivity index (χ1v) is 7.84. The Hall–Kier alpha value is -3.11. The minimum atomic E-state index is -1.05. The molecule has 0 bridgehead atoms. The fourth-order valence-electron chi connectivity index (χ4n) is 2.46. The van der Waals surface area contributed by atoms with Gasteiger partial charge in [-0.3, -0.25) is 0 Å². The van der Waals surface area contributed by atoms with Crippen LogP contribution in [0, 0.1) is 0 Å². The standard InChI is InChI=1S/C20H13ClO4/c21-17-11-5-3-10-16(17)20(24)25-18-12-6-4-8-14(18)13-7-1-2-9-15(13)19(22)23/h1-12H,(H,22,23). The van der Waals surface area contributed by atoms with E-state index in [0.717, 1.165) is 0 Å². The molecular weight excluding hydrogens is 340 g/mol. The molecule has 3 aromatic carbocycles. The van der Waals surface area contributed by atoms with E-state index in [2.05, 4.69) is 0 Å². The SMILES string of the molecule is O=C(Oc1ccccc1-c1ccccc1C(=O)O)c1ccccc1Cl. The lowest BCUT2D eigenvalue weighted by molar-refractivity contribution is 0.0696. The Labute approximate surface area is 149 Å². The smallest absolute Gasteiger partial charge is 0.345 e. The largest absolute Gasteiger partial charge is 0.478 e. The molecule has 0 heterocycles. The van der Waals surface area contributed by atoms with Gasteiger partial charge in [0.2, 0.25) is 0 Å². The number of aromatic carboxylic acids is 1. The molecule has 0 saturated carbocycles. The van der Waals surface area contributed by atoms with Crippen LogP contribution in [-0.2, 0) is 0 Å². The van der Waals surface area contributed by atoms with E-state index < -0.39 is 11.9 Å². The van der Waals surface area contributed by atoms with E-state index in [1.54, 1.807) is 66.7 Å². The Morgan fingerprint density at radius 2 is 1.32 bits per heavy atom. The molecule has 0 radical (unpaired) electrons. The molecule has 3 rings (SSSR count). The summed E-state index contributed by atoms with van der Waals surface area (Å²) in [5.74, 6) is -1.39. The summed E-state index contributed by atoms with van der Waals surface area (Å²) in [6, 6.07) is 19.9. The predicted molar refractivity (Wildman–Crippen MR) is 95.2 cm³/mol. The number of carboxylic acid groups (broad SMARTS) is 1. The zero-order valence-electron chi connectivity index (χ0n) is 13.0. The monoisotopic (exact) mass is 352 g/mol. The van der Waals surface area contributed by atoms with Gasteiger partial charge in [0.05, 0.1) is 16.1 Å². The summed E-state index contributed by atoms with van der Waals surface area (Å²) >= 11 is 6.03. The van der Waals surface area contributed by atoms with Gasteiger partial charge in [0.15, 0.2) is 0 Å². The maximum Gasteiger partial charge on any atom is 0.345 e. The van der Waals surface area contributed by atoms with Crippen molar-refractivity contribution in [3.8, 4) is 16.9 Å². The number of carboxylic acids is 1. The molecule has 3 aromatic rings. The summed E-state index contributed by atoms with van der Waals surface area (Å²) in [6.07, 6.45) is 0. The van der Waals surface area contributed by atoms with Crippen LogP contribution in [0.1, 0.15) is 20.7 Å². The van der Waals surface area contributed by atoms with Crippen molar-refractivity contribution in [3.63, 3.8) is 0 Å². The fourth-order valence-corrected chi connectivity index (χ4v) is 2.68. The van der Waals surface area contributed by atoms with Gasteiger partial charge in [-0.2, -0.15) is 0 Å². The van der Waals surface area contributed by atoms with E-state index in [4.69, 9.17) is 16.3 Å². The van der Waals surface area contributed by atoms with Gasteiger partial charge in [-0.1, -0.05) is 60.1 Å². The molecule has 0 fully saturated rings. The third-order valence-electron chi connectivity index (χ3n) is 3.63. The minimum Gasteiger partial charge on any atom is -0.478 e. The van der Waals surface area contributed by atoms with Crippen molar-refractivity contribution >= 4 is 23.5 Å². The summed E-state index contributed by atoms with van der Waals surface area (Å²) in [4.78, 5) is 23.9. The highest BCUT2D eigenvalue weighted by molar-refractivity contribution is 6.33. The third kappa shape index (κ3) is 3.54. The van der Waals surface area contributed by atoms with Gasteiger partial charge in [0, 0.05) is 5.56 Å². The van der Waals surface area contributed by atoms with Gasteiger partial charge in [-0.05, 0) is 29.8 Å². The van der Waals surface area contributed by atoms with Crippen molar-refractivity contribution < 1.29 is 19.4 Å². The number of benzene rings is 3. The zero-order chi connectivity index (χ0) is 17.8. The van der Waals surface area contributed by atoms with Crippen LogP contribution in [0.3, 0.4) is 0 Å². The van der Waals surface area contributed by atoms with E-state index >= 15 is 0 Å². The Kier molecular flexibility index (Phi) is 4.82. The van der Waals surface area contributed by atoms with Gasteiger partial charge in [-0.15, -0.1) is 0 Å². The van der Waals surface area contributed by atoms with Crippen molar-refractivity contribution in [2.75, 3.05) is 0 Å².